The monoisotopic (exact) mass is 229 g/mol. The van der Waals surface area contributed by atoms with E-state index in [4.69, 9.17) is 5.11 Å². The molecule has 1 N–H and O–H groups in total. The van der Waals surface area contributed by atoms with Crippen molar-refractivity contribution in [3.8, 4) is 0 Å². The van der Waals surface area contributed by atoms with Gasteiger partial charge in [0.25, 0.3) is 0 Å². The van der Waals surface area contributed by atoms with Crippen molar-refractivity contribution in [3.05, 3.63) is 28.0 Å². The number of aryl methyl sites for hydroxylation is 1. The molecule has 1 aromatic rings. The lowest BCUT2D eigenvalue weighted by Gasteiger charge is -2.03. The number of aromatic nitrogens is 1. The lowest BCUT2D eigenvalue weighted by molar-refractivity contribution is 0.276. The summed E-state index contributed by atoms with van der Waals surface area (Å²) in [5.41, 5.74) is 1.77. The first-order valence-corrected chi connectivity index (χ1v) is 4.82. The third kappa shape index (κ3) is 2.29. The Hall–Kier alpha value is -0.410. The molecule has 0 atom stereocenters. The number of nitrogens with zero attached hydrogens (tertiary/aromatic N) is 1. The Morgan fingerprint density at radius 3 is 2.83 bits per heavy atom. The van der Waals surface area contributed by atoms with Gasteiger partial charge in [0.05, 0.1) is 18.0 Å². The molecule has 12 heavy (non-hydrogen) atoms. The highest BCUT2D eigenvalue weighted by atomic mass is 79.9. The SMILES string of the molecule is CCCc1nc(CO)ccc1Br. The first-order valence-electron chi connectivity index (χ1n) is 4.03. The number of pyridine rings is 1. The number of hydrogen-bond acceptors (Lipinski definition) is 2. The molecular weight excluding hydrogens is 218 g/mol. The highest BCUT2D eigenvalue weighted by Gasteiger charge is 2.01. The van der Waals surface area contributed by atoms with E-state index in [-0.39, 0.29) is 6.61 Å². The Balaban J connectivity index is 2.91. The predicted octanol–water partition coefficient (Wildman–Crippen LogP) is 2.29. The van der Waals surface area contributed by atoms with E-state index in [2.05, 4.69) is 27.8 Å². The van der Waals surface area contributed by atoms with Gasteiger partial charge >= 0.3 is 0 Å². The van der Waals surface area contributed by atoms with Crippen molar-refractivity contribution in [1.82, 2.24) is 4.98 Å². The number of rotatable bonds is 3. The van der Waals surface area contributed by atoms with E-state index in [1.807, 2.05) is 12.1 Å². The van der Waals surface area contributed by atoms with Crippen molar-refractivity contribution >= 4 is 15.9 Å². The molecule has 0 unspecified atom stereocenters. The minimum Gasteiger partial charge on any atom is -0.390 e. The molecule has 1 rings (SSSR count). The van der Waals surface area contributed by atoms with Crippen molar-refractivity contribution < 1.29 is 5.11 Å². The van der Waals surface area contributed by atoms with E-state index in [1.165, 1.54) is 0 Å². The molecule has 0 spiro atoms. The summed E-state index contributed by atoms with van der Waals surface area (Å²) in [4.78, 5) is 4.28. The second kappa shape index (κ2) is 4.58. The van der Waals surface area contributed by atoms with E-state index >= 15 is 0 Å². The van der Waals surface area contributed by atoms with Gasteiger partial charge in [0.15, 0.2) is 0 Å². The van der Waals surface area contributed by atoms with Crippen molar-refractivity contribution in [1.29, 1.82) is 0 Å². The third-order valence-corrected chi connectivity index (χ3v) is 2.35. The molecule has 1 heterocycles. The van der Waals surface area contributed by atoms with Gasteiger partial charge in [0.1, 0.15) is 0 Å². The summed E-state index contributed by atoms with van der Waals surface area (Å²) in [6.45, 7) is 2.13. The van der Waals surface area contributed by atoms with Crippen molar-refractivity contribution in [2.24, 2.45) is 0 Å². The summed E-state index contributed by atoms with van der Waals surface area (Å²) in [5.74, 6) is 0. The Morgan fingerprint density at radius 2 is 2.25 bits per heavy atom. The van der Waals surface area contributed by atoms with E-state index in [0.717, 1.165) is 28.7 Å². The molecule has 0 amide bonds. The van der Waals surface area contributed by atoms with Crippen LogP contribution in [-0.2, 0) is 13.0 Å². The molecule has 0 aliphatic heterocycles. The summed E-state index contributed by atoms with van der Waals surface area (Å²) >= 11 is 3.42. The predicted molar refractivity (Wildman–Crippen MR) is 51.9 cm³/mol. The summed E-state index contributed by atoms with van der Waals surface area (Å²) in [6, 6.07) is 3.76. The number of halogens is 1. The zero-order valence-corrected chi connectivity index (χ0v) is 8.63. The van der Waals surface area contributed by atoms with E-state index in [1.54, 1.807) is 0 Å². The van der Waals surface area contributed by atoms with Crippen LogP contribution in [0.15, 0.2) is 16.6 Å². The number of hydrogen-bond donors (Lipinski definition) is 1. The van der Waals surface area contributed by atoms with Crippen LogP contribution in [0, 0.1) is 0 Å². The standard InChI is InChI=1S/C9H12BrNO/c1-2-3-9-8(10)5-4-7(6-12)11-9/h4-5,12H,2-3,6H2,1H3. The van der Waals surface area contributed by atoms with Crippen LogP contribution in [0.4, 0.5) is 0 Å². The zero-order chi connectivity index (χ0) is 8.97. The lowest BCUT2D eigenvalue weighted by Crippen LogP contribution is -1.96. The van der Waals surface area contributed by atoms with Crippen LogP contribution < -0.4 is 0 Å². The average molecular weight is 230 g/mol. The Kier molecular flexibility index (Phi) is 3.69. The van der Waals surface area contributed by atoms with Crippen LogP contribution in [0.5, 0.6) is 0 Å². The molecule has 1 aromatic heterocycles. The molecule has 0 radical (unpaired) electrons. The quantitative estimate of drug-likeness (QED) is 0.864. The topological polar surface area (TPSA) is 33.1 Å². The highest BCUT2D eigenvalue weighted by Crippen LogP contribution is 2.16. The fraction of sp³-hybridized carbons (Fsp3) is 0.444. The van der Waals surface area contributed by atoms with Crippen LogP contribution in [0.3, 0.4) is 0 Å². The zero-order valence-electron chi connectivity index (χ0n) is 7.05. The average Bonchev–Trinajstić information content (AvgIpc) is 2.09. The van der Waals surface area contributed by atoms with Crippen LogP contribution in [0.1, 0.15) is 24.7 Å². The number of aliphatic hydroxyl groups excluding tert-OH is 1. The molecule has 0 aliphatic rings. The summed E-state index contributed by atoms with van der Waals surface area (Å²) in [5, 5.41) is 8.84. The summed E-state index contributed by atoms with van der Waals surface area (Å²) in [7, 11) is 0. The van der Waals surface area contributed by atoms with Gasteiger partial charge in [-0.25, -0.2) is 0 Å². The second-order valence-electron chi connectivity index (χ2n) is 2.64. The van der Waals surface area contributed by atoms with E-state index in [0.29, 0.717) is 0 Å². The van der Waals surface area contributed by atoms with Gasteiger partial charge in [-0.3, -0.25) is 4.98 Å². The van der Waals surface area contributed by atoms with Gasteiger partial charge in [-0.15, -0.1) is 0 Å². The van der Waals surface area contributed by atoms with E-state index < -0.39 is 0 Å². The minimum absolute atomic E-state index is 0.0179. The summed E-state index contributed by atoms with van der Waals surface area (Å²) in [6.07, 6.45) is 2.02. The summed E-state index contributed by atoms with van der Waals surface area (Å²) < 4.78 is 1.03. The fourth-order valence-corrected chi connectivity index (χ4v) is 1.45. The van der Waals surface area contributed by atoms with Gasteiger partial charge < -0.3 is 5.11 Å². The fourth-order valence-electron chi connectivity index (χ4n) is 1.03. The molecule has 0 aromatic carbocycles. The molecule has 0 saturated heterocycles. The third-order valence-electron chi connectivity index (χ3n) is 1.63. The van der Waals surface area contributed by atoms with Gasteiger partial charge in [0, 0.05) is 4.47 Å². The van der Waals surface area contributed by atoms with Gasteiger partial charge in [-0.05, 0) is 34.5 Å². The molecule has 66 valence electrons. The van der Waals surface area contributed by atoms with Gasteiger partial charge in [-0.2, -0.15) is 0 Å². The largest absolute Gasteiger partial charge is 0.390 e. The maximum absolute atomic E-state index is 8.84. The van der Waals surface area contributed by atoms with E-state index in [9.17, 15) is 0 Å². The Labute approximate surface area is 80.8 Å². The molecular formula is C9H12BrNO. The van der Waals surface area contributed by atoms with Crippen molar-refractivity contribution in [2.75, 3.05) is 0 Å². The maximum atomic E-state index is 8.84. The van der Waals surface area contributed by atoms with Gasteiger partial charge in [-0.1, -0.05) is 13.3 Å². The second-order valence-corrected chi connectivity index (χ2v) is 3.49. The Bertz CT molecular complexity index is 263. The first kappa shape index (κ1) is 9.68. The molecule has 0 saturated carbocycles. The number of aliphatic hydroxyl groups is 1. The van der Waals surface area contributed by atoms with Crippen LogP contribution in [0.2, 0.25) is 0 Å². The molecule has 0 aliphatic carbocycles. The first-order chi connectivity index (χ1) is 5.77. The smallest absolute Gasteiger partial charge is 0.0853 e. The molecule has 0 fully saturated rings. The van der Waals surface area contributed by atoms with Crippen molar-refractivity contribution in [3.63, 3.8) is 0 Å². The maximum Gasteiger partial charge on any atom is 0.0853 e. The normalized spacial score (nSPS) is 10.2. The minimum atomic E-state index is 0.0179. The van der Waals surface area contributed by atoms with Crippen LogP contribution >= 0.6 is 15.9 Å². The van der Waals surface area contributed by atoms with Crippen molar-refractivity contribution in [2.45, 2.75) is 26.4 Å². The van der Waals surface area contributed by atoms with Crippen LogP contribution in [0.25, 0.3) is 0 Å². The van der Waals surface area contributed by atoms with Crippen LogP contribution in [-0.4, -0.2) is 10.1 Å². The molecule has 0 bridgehead atoms. The highest BCUT2D eigenvalue weighted by molar-refractivity contribution is 9.10. The van der Waals surface area contributed by atoms with Gasteiger partial charge in [0.2, 0.25) is 0 Å². The Morgan fingerprint density at radius 1 is 1.50 bits per heavy atom. The lowest BCUT2D eigenvalue weighted by atomic mass is 10.2. The molecule has 3 heteroatoms. The molecule has 2 nitrogen and oxygen atoms in total.